The minimum atomic E-state index is -0.873. The molecular formula is C22H30N6O3. The number of ether oxygens (including phenoxy) is 1. The standard InChI is InChI=1S/C22H30N6O3/c1-13(2)18-24-20(27-26-18)25-19(29)16(23-21(30)31-22(3,4)5)11-14-12-28(6)17-10-8-7-9-15(14)17/h7-10,12-13,16H,11H2,1-6H3,(H,23,30)(H2,24,25,26,27,29)/t16-/m0/s1. The molecule has 31 heavy (non-hydrogen) atoms. The number of alkyl carbamates (subject to hydrolysis) is 1. The van der Waals surface area contributed by atoms with Crippen molar-refractivity contribution in [3.05, 3.63) is 41.9 Å². The average molecular weight is 427 g/mol. The molecule has 3 N–H and O–H groups in total. The number of amides is 2. The summed E-state index contributed by atoms with van der Waals surface area (Å²) >= 11 is 0. The third-order valence-corrected chi connectivity index (χ3v) is 4.70. The Labute approximate surface area is 181 Å². The third kappa shape index (κ3) is 5.62. The Morgan fingerprint density at radius 3 is 2.58 bits per heavy atom. The fourth-order valence-electron chi connectivity index (χ4n) is 3.25. The number of hydrogen-bond acceptors (Lipinski definition) is 5. The summed E-state index contributed by atoms with van der Waals surface area (Å²) in [5.74, 6) is 0.557. The van der Waals surface area contributed by atoms with E-state index in [9.17, 15) is 9.59 Å². The Hall–Kier alpha value is -3.36. The first-order chi connectivity index (χ1) is 14.5. The first-order valence-corrected chi connectivity index (χ1v) is 10.3. The third-order valence-electron chi connectivity index (χ3n) is 4.70. The summed E-state index contributed by atoms with van der Waals surface area (Å²) in [6, 6.07) is 7.04. The van der Waals surface area contributed by atoms with E-state index in [1.54, 1.807) is 20.8 Å². The first kappa shape index (κ1) is 22.3. The van der Waals surface area contributed by atoms with Gasteiger partial charge in [0.1, 0.15) is 17.5 Å². The molecule has 0 aliphatic heterocycles. The molecule has 0 aliphatic rings. The van der Waals surface area contributed by atoms with E-state index in [1.165, 1.54) is 0 Å². The molecule has 0 unspecified atom stereocenters. The molecular weight excluding hydrogens is 396 g/mol. The van der Waals surface area contributed by atoms with Gasteiger partial charge in [-0.2, -0.15) is 4.98 Å². The Bertz CT molecular complexity index is 1080. The fraction of sp³-hybridized carbons (Fsp3) is 0.455. The maximum absolute atomic E-state index is 13.1. The Morgan fingerprint density at radius 2 is 1.94 bits per heavy atom. The molecule has 2 aromatic heterocycles. The van der Waals surface area contributed by atoms with E-state index in [0.717, 1.165) is 16.5 Å². The van der Waals surface area contributed by atoms with E-state index in [0.29, 0.717) is 5.82 Å². The van der Waals surface area contributed by atoms with Crippen molar-refractivity contribution in [2.24, 2.45) is 7.05 Å². The highest BCUT2D eigenvalue weighted by Gasteiger charge is 2.27. The molecule has 1 aromatic carbocycles. The van der Waals surface area contributed by atoms with Gasteiger partial charge in [0.25, 0.3) is 0 Å². The number of nitrogens with one attached hydrogen (secondary N) is 3. The van der Waals surface area contributed by atoms with E-state index >= 15 is 0 Å². The second kappa shape index (κ2) is 8.79. The number of carbonyl (C=O) groups excluding carboxylic acids is 2. The lowest BCUT2D eigenvalue weighted by molar-refractivity contribution is -0.118. The zero-order valence-corrected chi connectivity index (χ0v) is 18.8. The quantitative estimate of drug-likeness (QED) is 0.558. The molecule has 0 spiro atoms. The number of hydrogen-bond donors (Lipinski definition) is 3. The highest BCUT2D eigenvalue weighted by atomic mass is 16.6. The van der Waals surface area contributed by atoms with Crippen LogP contribution in [0, 0.1) is 0 Å². The van der Waals surface area contributed by atoms with Crippen molar-refractivity contribution < 1.29 is 14.3 Å². The molecule has 9 nitrogen and oxygen atoms in total. The van der Waals surface area contributed by atoms with Crippen LogP contribution in [0.5, 0.6) is 0 Å². The van der Waals surface area contributed by atoms with Gasteiger partial charge in [-0.05, 0) is 32.4 Å². The predicted octanol–water partition coefficient (Wildman–Crippen LogP) is 3.49. The largest absolute Gasteiger partial charge is 0.444 e. The summed E-state index contributed by atoms with van der Waals surface area (Å²) in [5, 5.41) is 13.3. The Kier molecular flexibility index (Phi) is 6.33. The summed E-state index contributed by atoms with van der Waals surface area (Å²) in [7, 11) is 1.95. The van der Waals surface area contributed by atoms with Crippen LogP contribution in [0.1, 0.15) is 51.9 Å². The van der Waals surface area contributed by atoms with Gasteiger partial charge >= 0.3 is 6.09 Å². The van der Waals surface area contributed by atoms with Gasteiger partial charge in [0.05, 0.1) is 0 Å². The molecule has 3 rings (SSSR count). The van der Waals surface area contributed by atoms with Crippen LogP contribution in [0.25, 0.3) is 10.9 Å². The van der Waals surface area contributed by atoms with Crippen LogP contribution in [0.3, 0.4) is 0 Å². The van der Waals surface area contributed by atoms with Crippen LogP contribution in [-0.2, 0) is 23.0 Å². The van der Waals surface area contributed by atoms with E-state index in [1.807, 2.05) is 55.9 Å². The second-order valence-electron chi connectivity index (χ2n) is 8.87. The number of nitrogens with zero attached hydrogens (tertiary/aromatic N) is 3. The average Bonchev–Trinajstić information content (AvgIpc) is 3.25. The molecule has 0 saturated heterocycles. The summed E-state index contributed by atoms with van der Waals surface area (Å²) in [4.78, 5) is 29.8. The second-order valence-corrected chi connectivity index (χ2v) is 8.87. The number of H-pyrrole nitrogens is 1. The number of para-hydroxylation sites is 1. The molecule has 2 amide bonds. The molecule has 9 heteroatoms. The molecule has 3 aromatic rings. The molecule has 0 aliphatic carbocycles. The van der Waals surface area contributed by atoms with Gasteiger partial charge < -0.3 is 14.6 Å². The van der Waals surface area contributed by atoms with Crippen LogP contribution >= 0.6 is 0 Å². The van der Waals surface area contributed by atoms with Crippen LogP contribution in [0.2, 0.25) is 0 Å². The van der Waals surface area contributed by atoms with Crippen molar-refractivity contribution in [1.29, 1.82) is 0 Å². The number of rotatable bonds is 6. The van der Waals surface area contributed by atoms with Crippen molar-refractivity contribution in [3.8, 4) is 0 Å². The number of aromatic nitrogens is 4. The normalized spacial score (nSPS) is 12.7. The van der Waals surface area contributed by atoms with E-state index in [2.05, 4.69) is 25.8 Å². The van der Waals surface area contributed by atoms with Gasteiger partial charge in [-0.15, -0.1) is 5.10 Å². The molecule has 0 saturated carbocycles. The topological polar surface area (TPSA) is 114 Å². The lowest BCUT2D eigenvalue weighted by atomic mass is 10.0. The lowest BCUT2D eigenvalue weighted by Crippen LogP contribution is -2.47. The van der Waals surface area contributed by atoms with Crippen LogP contribution in [-0.4, -0.2) is 43.4 Å². The van der Waals surface area contributed by atoms with Gasteiger partial charge in [-0.25, -0.2) is 4.79 Å². The Morgan fingerprint density at radius 1 is 1.23 bits per heavy atom. The van der Waals surface area contributed by atoms with Gasteiger partial charge in [0.2, 0.25) is 11.9 Å². The van der Waals surface area contributed by atoms with E-state index < -0.39 is 23.6 Å². The Balaban J connectivity index is 1.84. The molecule has 1 atom stereocenters. The number of fused-ring (bicyclic) bond motifs is 1. The molecule has 166 valence electrons. The zero-order valence-electron chi connectivity index (χ0n) is 18.8. The first-order valence-electron chi connectivity index (χ1n) is 10.3. The summed E-state index contributed by atoms with van der Waals surface area (Å²) in [5.41, 5.74) is 1.30. The summed E-state index contributed by atoms with van der Waals surface area (Å²) < 4.78 is 7.36. The maximum Gasteiger partial charge on any atom is 0.408 e. The minimum absolute atomic E-state index is 0.143. The summed E-state index contributed by atoms with van der Waals surface area (Å²) in [6.07, 6.45) is 1.59. The van der Waals surface area contributed by atoms with Crippen LogP contribution < -0.4 is 10.6 Å². The summed E-state index contributed by atoms with van der Waals surface area (Å²) in [6.45, 7) is 9.26. The highest BCUT2D eigenvalue weighted by molar-refractivity contribution is 5.96. The van der Waals surface area contributed by atoms with Crippen molar-refractivity contribution in [3.63, 3.8) is 0 Å². The fourth-order valence-corrected chi connectivity index (χ4v) is 3.25. The highest BCUT2D eigenvalue weighted by Crippen LogP contribution is 2.22. The van der Waals surface area contributed by atoms with E-state index in [-0.39, 0.29) is 18.3 Å². The van der Waals surface area contributed by atoms with Crippen molar-refractivity contribution in [2.45, 2.75) is 58.6 Å². The van der Waals surface area contributed by atoms with Gasteiger partial charge in [0, 0.05) is 36.5 Å². The van der Waals surface area contributed by atoms with Gasteiger partial charge in [-0.3, -0.25) is 15.2 Å². The van der Waals surface area contributed by atoms with Crippen molar-refractivity contribution in [2.75, 3.05) is 5.32 Å². The number of anilines is 1. The molecule has 2 heterocycles. The number of aryl methyl sites for hydroxylation is 1. The monoisotopic (exact) mass is 426 g/mol. The SMILES string of the molecule is CC(C)c1nc(NC(=O)[C@H](Cc2cn(C)c3ccccc23)NC(=O)OC(C)(C)C)n[nH]1. The predicted molar refractivity (Wildman–Crippen MR) is 119 cm³/mol. The van der Waals surface area contributed by atoms with E-state index in [4.69, 9.17) is 4.74 Å². The van der Waals surface area contributed by atoms with Gasteiger partial charge in [-0.1, -0.05) is 32.0 Å². The molecule has 0 bridgehead atoms. The lowest BCUT2D eigenvalue weighted by Gasteiger charge is -2.23. The van der Waals surface area contributed by atoms with Crippen molar-refractivity contribution in [1.82, 2.24) is 25.1 Å². The zero-order chi connectivity index (χ0) is 22.8. The smallest absolute Gasteiger partial charge is 0.408 e. The van der Waals surface area contributed by atoms with Crippen molar-refractivity contribution >= 4 is 28.9 Å². The van der Waals surface area contributed by atoms with Crippen LogP contribution in [0.15, 0.2) is 30.5 Å². The molecule has 0 fully saturated rings. The minimum Gasteiger partial charge on any atom is -0.444 e. The van der Waals surface area contributed by atoms with Crippen LogP contribution in [0.4, 0.5) is 10.7 Å². The number of aromatic amines is 1. The van der Waals surface area contributed by atoms with Gasteiger partial charge in [0.15, 0.2) is 0 Å². The maximum atomic E-state index is 13.1. The number of benzene rings is 1. The number of carbonyl (C=O) groups is 2. The molecule has 0 radical (unpaired) electrons.